The number of hydrogen-bond acceptors (Lipinski definition) is 4. The molecule has 2 N–H and O–H groups in total. The Morgan fingerprint density at radius 1 is 1.36 bits per heavy atom. The molecule has 0 atom stereocenters. The molecule has 1 aliphatic heterocycles. The van der Waals surface area contributed by atoms with Crippen molar-refractivity contribution in [1.82, 2.24) is 14.7 Å². The predicted octanol–water partition coefficient (Wildman–Crippen LogP) is 2.21. The van der Waals surface area contributed by atoms with Crippen molar-refractivity contribution in [2.45, 2.75) is 45.3 Å². The third-order valence-corrected chi connectivity index (χ3v) is 3.72. The Morgan fingerprint density at radius 2 is 1.95 bits per heavy atom. The minimum absolute atomic E-state index is 0.00585. The van der Waals surface area contributed by atoms with Gasteiger partial charge in [0.15, 0.2) is 0 Å². The molecule has 0 bridgehead atoms. The van der Waals surface area contributed by atoms with Crippen molar-refractivity contribution < 1.29 is 14.3 Å². The lowest BCUT2D eigenvalue weighted by Gasteiger charge is -2.33. The number of halogens is 1. The van der Waals surface area contributed by atoms with Gasteiger partial charge >= 0.3 is 6.09 Å². The van der Waals surface area contributed by atoms with Gasteiger partial charge in [-0.15, -0.1) is 0 Å². The predicted molar refractivity (Wildman–Crippen MR) is 81.8 cm³/mol. The number of ether oxygens (including phenoxy) is 1. The average molecular weight is 329 g/mol. The van der Waals surface area contributed by atoms with Crippen molar-refractivity contribution in [2.75, 3.05) is 13.1 Å². The molecule has 1 fully saturated rings. The van der Waals surface area contributed by atoms with E-state index in [1.807, 2.05) is 20.8 Å². The van der Waals surface area contributed by atoms with Crippen molar-refractivity contribution >= 4 is 23.6 Å². The van der Waals surface area contributed by atoms with Gasteiger partial charge in [-0.1, -0.05) is 11.6 Å². The molecule has 0 saturated carbocycles. The Hall–Kier alpha value is -1.76. The lowest BCUT2D eigenvalue weighted by atomic mass is 10.1. The summed E-state index contributed by atoms with van der Waals surface area (Å²) < 4.78 is 6.92. The minimum Gasteiger partial charge on any atom is -0.444 e. The summed E-state index contributed by atoms with van der Waals surface area (Å²) in [7, 11) is 0. The number of likely N-dealkylation sites (tertiary alicyclic amines) is 1. The van der Waals surface area contributed by atoms with Crippen LogP contribution in [0.3, 0.4) is 0 Å². The molecule has 22 heavy (non-hydrogen) atoms. The van der Waals surface area contributed by atoms with Crippen LogP contribution < -0.4 is 5.73 Å². The monoisotopic (exact) mass is 328 g/mol. The van der Waals surface area contributed by atoms with Crippen LogP contribution in [0, 0.1) is 0 Å². The summed E-state index contributed by atoms with van der Waals surface area (Å²) in [6.07, 6.45) is 2.43. The fourth-order valence-electron chi connectivity index (χ4n) is 2.47. The van der Waals surface area contributed by atoms with E-state index in [4.69, 9.17) is 22.1 Å². The van der Waals surface area contributed by atoms with Crippen LogP contribution in [-0.4, -0.2) is 45.4 Å². The highest BCUT2D eigenvalue weighted by molar-refractivity contribution is 6.33. The Morgan fingerprint density at radius 3 is 2.45 bits per heavy atom. The topological polar surface area (TPSA) is 90.4 Å². The van der Waals surface area contributed by atoms with Crippen LogP contribution in [0.4, 0.5) is 4.79 Å². The molecule has 1 aromatic rings. The normalized spacial score (nSPS) is 16.6. The van der Waals surface area contributed by atoms with E-state index in [-0.39, 0.29) is 22.9 Å². The van der Waals surface area contributed by atoms with Crippen LogP contribution >= 0.6 is 11.6 Å². The Kier molecular flexibility index (Phi) is 4.65. The van der Waals surface area contributed by atoms with Gasteiger partial charge in [0.2, 0.25) is 0 Å². The summed E-state index contributed by atoms with van der Waals surface area (Å²) in [5.74, 6) is -0.600. The second-order valence-corrected chi connectivity index (χ2v) is 6.76. The highest BCUT2D eigenvalue weighted by Crippen LogP contribution is 2.27. The largest absolute Gasteiger partial charge is 0.444 e. The van der Waals surface area contributed by atoms with E-state index in [1.54, 1.807) is 9.58 Å². The highest BCUT2D eigenvalue weighted by Gasteiger charge is 2.29. The molecule has 0 aromatic carbocycles. The maximum absolute atomic E-state index is 12.0. The summed E-state index contributed by atoms with van der Waals surface area (Å²) in [5, 5.41) is 4.39. The molecule has 0 unspecified atom stereocenters. The molecular formula is C14H21ClN4O3. The van der Waals surface area contributed by atoms with Crippen LogP contribution in [0.5, 0.6) is 0 Å². The van der Waals surface area contributed by atoms with Gasteiger partial charge in [0.25, 0.3) is 5.91 Å². The molecule has 8 heteroatoms. The number of carbonyl (C=O) groups excluding carboxylic acids is 2. The van der Waals surface area contributed by atoms with Gasteiger partial charge in [0.05, 0.1) is 17.3 Å². The summed E-state index contributed by atoms with van der Waals surface area (Å²) in [5.41, 5.74) is 5.05. The van der Waals surface area contributed by atoms with Gasteiger partial charge in [0, 0.05) is 13.1 Å². The van der Waals surface area contributed by atoms with Crippen LogP contribution in [0.2, 0.25) is 5.02 Å². The van der Waals surface area contributed by atoms with Gasteiger partial charge in [-0.2, -0.15) is 5.10 Å². The zero-order valence-electron chi connectivity index (χ0n) is 13.0. The summed E-state index contributed by atoms with van der Waals surface area (Å²) in [6, 6.07) is -0.00585. The zero-order valence-corrected chi connectivity index (χ0v) is 13.8. The number of rotatable bonds is 2. The SMILES string of the molecule is CC(C)(C)OC(=O)N1CCC(n2ncc(Cl)c2C(N)=O)CC1. The average Bonchev–Trinajstić information content (AvgIpc) is 2.79. The van der Waals surface area contributed by atoms with Crippen molar-refractivity contribution in [2.24, 2.45) is 5.73 Å². The van der Waals surface area contributed by atoms with E-state index in [2.05, 4.69) is 5.10 Å². The fraction of sp³-hybridized carbons (Fsp3) is 0.643. The lowest BCUT2D eigenvalue weighted by Crippen LogP contribution is -2.42. The summed E-state index contributed by atoms with van der Waals surface area (Å²) >= 11 is 5.94. The van der Waals surface area contributed by atoms with Gasteiger partial charge in [-0.3, -0.25) is 9.48 Å². The molecule has 2 rings (SSSR count). The highest BCUT2D eigenvalue weighted by atomic mass is 35.5. The van der Waals surface area contributed by atoms with E-state index >= 15 is 0 Å². The van der Waals surface area contributed by atoms with E-state index in [9.17, 15) is 9.59 Å². The van der Waals surface area contributed by atoms with E-state index in [0.717, 1.165) is 0 Å². The molecule has 7 nitrogen and oxygen atoms in total. The number of aromatic nitrogens is 2. The van der Waals surface area contributed by atoms with Crippen LogP contribution in [-0.2, 0) is 4.74 Å². The maximum atomic E-state index is 12.0. The number of hydrogen-bond donors (Lipinski definition) is 1. The molecule has 1 aromatic heterocycles. The zero-order chi connectivity index (χ0) is 16.5. The second-order valence-electron chi connectivity index (χ2n) is 6.35. The number of nitrogens with two attached hydrogens (primary N) is 1. The fourth-order valence-corrected chi connectivity index (χ4v) is 2.69. The van der Waals surface area contributed by atoms with Crippen molar-refractivity contribution in [1.29, 1.82) is 0 Å². The first-order valence-corrected chi connectivity index (χ1v) is 7.57. The first-order valence-electron chi connectivity index (χ1n) is 7.20. The minimum atomic E-state index is -0.600. The molecule has 122 valence electrons. The van der Waals surface area contributed by atoms with Crippen molar-refractivity contribution in [3.8, 4) is 0 Å². The van der Waals surface area contributed by atoms with E-state index in [0.29, 0.717) is 25.9 Å². The van der Waals surface area contributed by atoms with Gasteiger partial charge in [-0.05, 0) is 33.6 Å². The Bertz CT molecular complexity index is 571. The number of primary amides is 1. The first kappa shape index (κ1) is 16.6. The van der Waals surface area contributed by atoms with E-state index in [1.165, 1.54) is 6.20 Å². The maximum Gasteiger partial charge on any atom is 0.410 e. The first-order chi connectivity index (χ1) is 10.2. The Balaban J connectivity index is 2.01. The summed E-state index contributed by atoms with van der Waals surface area (Å²) in [4.78, 5) is 25.2. The number of carbonyl (C=O) groups is 2. The van der Waals surface area contributed by atoms with Gasteiger partial charge in [0.1, 0.15) is 11.3 Å². The molecule has 0 spiro atoms. The van der Waals surface area contributed by atoms with Crippen LogP contribution in [0.25, 0.3) is 0 Å². The number of piperidine rings is 1. The van der Waals surface area contributed by atoms with Crippen molar-refractivity contribution in [3.05, 3.63) is 16.9 Å². The molecule has 0 aliphatic carbocycles. The standard InChI is InChI=1S/C14H21ClN4O3/c1-14(2,3)22-13(21)18-6-4-9(5-7-18)19-11(12(16)20)10(15)8-17-19/h8-9H,4-7H2,1-3H3,(H2,16,20). The third kappa shape index (κ3) is 3.71. The lowest BCUT2D eigenvalue weighted by molar-refractivity contribution is 0.0183. The third-order valence-electron chi connectivity index (χ3n) is 3.45. The Labute approximate surface area is 134 Å². The van der Waals surface area contributed by atoms with Crippen molar-refractivity contribution in [3.63, 3.8) is 0 Å². The molecule has 0 radical (unpaired) electrons. The molecule has 2 heterocycles. The quantitative estimate of drug-likeness (QED) is 0.901. The number of amides is 2. The van der Waals surface area contributed by atoms with Gasteiger partial charge in [-0.25, -0.2) is 4.79 Å². The second kappa shape index (κ2) is 6.16. The smallest absolute Gasteiger partial charge is 0.410 e. The van der Waals surface area contributed by atoms with E-state index < -0.39 is 11.5 Å². The van der Waals surface area contributed by atoms with Crippen LogP contribution in [0.15, 0.2) is 6.20 Å². The molecule has 1 saturated heterocycles. The summed E-state index contributed by atoms with van der Waals surface area (Å²) in [6.45, 7) is 6.58. The molecule has 2 amide bonds. The van der Waals surface area contributed by atoms with Crippen LogP contribution in [0.1, 0.15) is 50.1 Å². The van der Waals surface area contributed by atoms with Gasteiger partial charge < -0.3 is 15.4 Å². The molecular weight excluding hydrogens is 308 g/mol. The number of nitrogens with zero attached hydrogens (tertiary/aromatic N) is 3. The molecule has 1 aliphatic rings.